The quantitative estimate of drug-likeness (QED) is 0.439. The summed E-state index contributed by atoms with van der Waals surface area (Å²) in [5.41, 5.74) is 5.53. The Morgan fingerprint density at radius 2 is 1.85 bits per heavy atom. The van der Waals surface area contributed by atoms with Gasteiger partial charge in [0.05, 0.1) is 22.9 Å². The molecule has 7 nitrogen and oxygen atoms in total. The van der Waals surface area contributed by atoms with Gasteiger partial charge in [-0.3, -0.25) is 9.78 Å². The molecule has 2 aromatic heterocycles. The third kappa shape index (κ3) is 4.67. The van der Waals surface area contributed by atoms with E-state index in [9.17, 15) is 4.79 Å². The number of para-hydroxylation sites is 2. The van der Waals surface area contributed by atoms with Gasteiger partial charge in [0.1, 0.15) is 11.3 Å². The lowest BCUT2D eigenvalue weighted by Crippen LogP contribution is -2.47. The molecule has 0 bridgehead atoms. The van der Waals surface area contributed by atoms with Gasteiger partial charge in [0.25, 0.3) is 5.91 Å². The van der Waals surface area contributed by atoms with Crippen molar-refractivity contribution in [3.63, 3.8) is 0 Å². The molecule has 176 valence electrons. The number of hydrogen-bond donors (Lipinski definition) is 0. The lowest BCUT2D eigenvalue weighted by molar-refractivity contribution is 0.0664. The minimum Gasteiger partial charge on any atom is -0.461 e. The highest BCUT2D eigenvalue weighted by molar-refractivity contribution is 5.98. The summed E-state index contributed by atoms with van der Waals surface area (Å²) in [4.78, 5) is 28.8. The Kier molecular flexibility index (Phi) is 6.30. The van der Waals surface area contributed by atoms with Gasteiger partial charge >= 0.3 is 0 Å². The van der Waals surface area contributed by atoms with Crippen LogP contribution in [0, 0.1) is 6.92 Å². The van der Waals surface area contributed by atoms with Crippen LogP contribution in [-0.4, -0.2) is 77.4 Å². The van der Waals surface area contributed by atoms with E-state index in [1.807, 2.05) is 60.5 Å². The zero-order chi connectivity index (χ0) is 23.7. The van der Waals surface area contributed by atoms with Crippen molar-refractivity contribution in [1.82, 2.24) is 24.7 Å². The molecule has 0 aliphatic carbocycles. The van der Waals surface area contributed by atoms with Crippen molar-refractivity contribution in [2.24, 2.45) is 0 Å². The third-order valence-electron chi connectivity index (χ3n) is 6.70. The van der Waals surface area contributed by atoms with E-state index >= 15 is 0 Å². The SMILES string of the molecule is Cc1oc2ccc(C(=O)N3CCN(C)CC3)cc2c1CCN(C)Cc1cnc2ccccc2n1. The second-order valence-corrected chi connectivity index (χ2v) is 9.28. The average Bonchev–Trinajstić information content (AvgIpc) is 3.16. The van der Waals surface area contributed by atoms with Crippen LogP contribution in [0.4, 0.5) is 0 Å². The summed E-state index contributed by atoms with van der Waals surface area (Å²) in [5, 5.41) is 1.04. The molecule has 0 atom stereocenters. The number of likely N-dealkylation sites (N-methyl/N-ethyl adjacent to an activating group) is 2. The van der Waals surface area contributed by atoms with Gasteiger partial charge in [-0.15, -0.1) is 0 Å². The highest BCUT2D eigenvalue weighted by Crippen LogP contribution is 2.28. The summed E-state index contributed by atoms with van der Waals surface area (Å²) >= 11 is 0. The van der Waals surface area contributed by atoms with Crippen LogP contribution in [-0.2, 0) is 13.0 Å². The van der Waals surface area contributed by atoms with Gasteiger partial charge in [-0.2, -0.15) is 0 Å². The van der Waals surface area contributed by atoms with E-state index < -0.39 is 0 Å². The Balaban J connectivity index is 1.29. The van der Waals surface area contributed by atoms with Crippen molar-refractivity contribution in [2.45, 2.75) is 19.9 Å². The molecule has 0 radical (unpaired) electrons. The summed E-state index contributed by atoms with van der Waals surface area (Å²) in [6, 6.07) is 13.8. The molecule has 1 fully saturated rings. The second-order valence-electron chi connectivity index (χ2n) is 9.28. The number of piperazine rings is 1. The number of benzene rings is 2. The monoisotopic (exact) mass is 457 g/mol. The largest absolute Gasteiger partial charge is 0.461 e. The lowest BCUT2D eigenvalue weighted by Gasteiger charge is -2.32. The van der Waals surface area contributed by atoms with Crippen LogP contribution >= 0.6 is 0 Å². The first-order chi connectivity index (χ1) is 16.5. The van der Waals surface area contributed by atoms with E-state index in [4.69, 9.17) is 9.40 Å². The standard InChI is InChI=1S/C27H31N5O2/c1-19-22(10-11-31(3)18-21-17-28-24-6-4-5-7-25(24)29-21)23-16-20(8-9-26(23)34-19)27(33)32-14-12-30(2)13-15-32/h4-9,16-17H,10-15,18H2,1-3H3. The number of aromatic nitrogens is 2. The zero-order valence-electron chi connectivity index (χ0n) is 20.1. The summed E-state index contributed by atoms with van der Waals surface area (Å²) in [7, 11) is 4.19. The van der Waals surface area contributed by atoms with Gasteiger partial charge < -0.3 is 19.1 Å². The molecule has 5 rings (SSSR count). The number of carbonyl (C=O) groups excluding carboxylic acids is 1. The Hall–Kier alpha value is -3.29. The smallest absolute Gasteiger partial charge is 0.253 e. The molecule has 1 aliphatic rings. The zero-order valence-corrected chi connectivity index (χ0v) is 20.1. The van der Waals surface area contributed by atoms with E-state index in [0.717, 1.165) is 84.7 Å². The molecular weight excluding hydrogens is 426 g/mol. The lowest BCUT2D eigenvalue weighted by atomic mass is 10.0. The summed E-state index contributed by atoms with van der Waals surface area (Å²) in [6.07, 6.45) is 2.69. The molecule has 4 aromatic rings. The van der Waals surface area contributed by atoms with Gasteiger partial charge in [0, 0.05) is 55.8 Å². The van der Waals surface area contributed by atoms with Crippen LogP contribution in [0.3, 0.4) is 0 Å². The molecular formula is C27H31N5O2. The molecule has 1 aliphatic heterocycles. The van der Waals surface area contributed by atoms with Crippen molar-refractivity contribution >= 4 is 27.9 Å². The molecule has 2 aromatic carbocycles. The Morgan fingerprint density at radius 3 is 2.65 bits per heavy atom. The number of hydrogen-bond acceptors (Lipinski definition) is 6. The first-order valence-electron chi connectivity index (χ1n) is 11.9. The van der Waals surface area contributed by atoms with Gasteiger partial charge in [-0.05, 0) is 57.8 Å². The molecule has 0 unspecified atom stereocenters. The van der Waals surface area contributed by atoms with E-state index in [1.54, 1.807) is 0 Å². The topological polar surface area (TPSA) is 65.7 Å². The fourth-order valence-corrected chi connectivity index (χ4v) is 4.64. The van der Waals surface area contributed by atoms with Gasteiger partial charge in [0.2, 0.25) is 0 Å². The summed E-state index contributed by atoms with van der Waals surface area (Å²) in [6.45, 7) is 6.95. The maximum Gasteiger partial charge on any atom is 0.253 e. The minimum atomic E-state index is 0.104. The maximum atomic E-state index is 13.1. The predicted molar refractivity (Wildman–Crippen MR) is 134 cm³/mol. The maximum absolute atomic E-state index is 13.1. The summed E-state index contributed by atoms with van der Waals surface area (Å²) < 4.78 is 6.02. The molecule has 1 saturated heterocycles. The number of nitrogens with zero attached hydrogens (tertiary/aromatic N) is 5. The van der Waals surface area contributed by atoms with Crippen LogP contribution in [0.15, 0.2) is 53.1 Å². The number of fused-ring (bicyclic) bond motifs is 2. The van der Waals surface area contributed by atoms with E-state index in [-0.39, 0.29) is 5.91 Å². The number of carbonyl (C=O) groups is 1. The Bertz CT molecular complexity index is 1320. The molecule has 0 saturated carbocycles. The van der Waals surface area contributed by atoms with E-state index in [1.165, 1.54) is 5.56 Å². The van der Waals surface area contributed by atoms with Gasteiger partial charge in [0.15, 0.2) is 0 Å². The van der Waals surface area contributed by atoms with Crippen molar-refractivity contribution in [1.29, 1.82) is 0 Å². The molecule has 0 spiro atoms. The Morgan fingerprint density at radius 1 is 1.09 bits per heavy atom. The molecule has 1 amide bonds. The van der Waals surface area contributed by atoms with Gasteiger partial charge in [-0.1, -0.05) is 12.1 Å². The molecule has 3 heterocycles. The van der Waals surface area contributed by atoms with Crippen LogP contribution in [0.1, 0.15) is 27.4 Å². The number of aryl methyl sites for hydroxylation is 1. The average molecular weight is 458 g/mol. The normalized spacial score (nSPS) is 15.0. The van der Waals surface area contributed by atoms with Crippen molar-refractivity contribution in [2.75, 3.05) is 46.8 Å². The highest BCUT2D eigenvalue weighted by atomic mass is 16.3. The predicted octanol–water partition coefficient (Wildman–Crippen LogP) is 3.75. The van der Waals surface area contributed by atoms with Crippen molar-refractivity contribution in [3.05, 3.63) is 71.2 Å². The highest BCUT2D eigenvalue weighted by Gasteiger charge is 2.22. The van der Waals surface area contributed by atoms with E-state index in [0.29, 0.717) is 0 Å². The fraction of sp³-hybridized carbons (Fsp3) is 0.370. The number of amides is 1. The fourth-order valence-electron chi connectivity index (χ4n) is 4.64. The molecule has 34 heavy (non-hydrogen) atoms. The third-order valence-corrected chi connectivity index (χ3v) is 6.70. The first kappa shape index (κ1) is 22.5. The van der Waals surface area contributed by atoms with Crippen molar-refractivity contribution < 1.29 is 9.21 Å². The Labute approximate surface area is 200 Å². The molecule has 0 N–H and O–H groups in total. The first-order valence-corrected chi connectivity index (χ1v) is 11.9. The number of rotatable bonds is 6. The van der Waals surface area contributed by atoms with Crippen molar-refractivity contribution in [3.8, 4) is 0 Å². The van der Waals surface area contributed by atoms with Crippen LogP contribution in [0.5, 0.6) is 0 Å². The molecule has 7 heteroatoms. The van der Waals surface area contributed by atoms with Crippen LogP contribution in [0.2, 0.25) is 0 Å². The van der Waals surface area contributed by atoms with Gasteiger partial charge in [-0.25, -0.2) is 4.98 Å². The van der Waals surface area contributed by atoms with Crippen LogP contribution < -0.4 is 0 Å². The summed E-state index contributed by atoms with van der Waals surface area (Å²) in [5.74, 6) is 1.02. The number of furan rings is 1. The van der Waals surface area contributed by atoms with E-state index in [2.05, 4.69) is 28.9 Å². The minimum absolute atomic E-state index is 0.104. The van der Waals surface area contributed by atoms with Crippen LogP contribution in [0.25, 0.3) is 22.0 Å². The second kappa shape index (κ2) is 9.52.